The predicted octanol–water partition coefficient (Wildman–Crippen LogP) is 3.73. The quantitative estimate of drug-likeness (QED) is 0.702. The Morgan fingerprint density at radius 1 is 1.14 bits per heavy atom. The minimum Gasteiger partial charge on any atom is -0.376 e. The lowest BCUT2D eigenvalue weighted by Crippen LogP contribution is -2.49. The van der Waals surface area contributed by atoms with Crippen molar-refractivity contribution in [2.24, 2.45) is 0 Å². The number of aryl methyl sites for hydroxylation is 1. The summed E-state index contributed by atoms with van der Waals surface area (Å²) in [4.78, 5) is 27.7. The Bertz CT molecular complexity index is 652. The molecule has 1 aliphatic carbocycles. The standard InChI is InChI=1S/C22H31ClN2O3/c1-16-9-11-17(12-10-16)21(22(27)24-18-6-3-2-4-7-18)25(20(26)14-23)15-19-8-5-13-28-19/h9-12,18-19,21H,2-8,13-15H2,1H3,(H,24,27)/t19-,21-/m0/s1. The van der Waals surface area contributed by atoms with E-state index in [9.17, 15) is 9.59 Å². The van der Waals surface area contributed by atoms with Crippen LogP contribution >= 0.6 is 11.6 Å². The zero-order chi connectivity index (χ0) is 19.9. The number of alkyl halides is 1. The molecule has 1 aromatic rings. The lowest BCUT2D eigenvalue weighted by atomic mass is 9.94. The van der Waals surface area contributed by atoms with Crippen molar-refractivity contribution in [2.45, 2.75) is 70.1 Å². The molecule has 0 unspecified atom stereocenters. The van der Waals surface area contributed by atoms with Gasteiger partial charge < -0.3 is 15.0 Å². The zero-order valence-electron chi connectivity index (χ0n) is 16.7. The van der Waals surface area contributed by atoms with Crippen molar-refractivity contribution in [1.82, 2.24) is 10.2 Å². The van der Waals surface area contributed by atoms with Crippen molar-refractivity contribution in [3.63, 3.8) is 0 Å². The molecule has 154 valence electrons. The summed E-state index contributed by atoms with van der Waals surface area (Å²) in [5.41, 5.74) is 1.93. The maximum absolute atomic E-state index is 13.3. The predicted molar refractivity (Wildman–Crippen MR) is 110 cm³/mol. The molecule has 0 spiro atoms. The zero-order valence-corrected chi connectivity index (χ0v) is 17.4. The van der Waals surface area contributed by atoms with Crippen LogP contribution in [0.25, 0.3) is 0 Å². The Balaban J connectivity index is 1.85. The van der Waals surface area contributed by atoms with Crippen molar-refractivity contribution in [3.05, 3.63) is 35.4 Å². The van der Waals surface area contributed by atoms with E-state index in [1.54, 1.807) is 4.90 Å². The Morgan fingerprint density at radius 2 is 1.86 bits per heavy atom. The van der Waals surface area contributed by atoms with Crippen molar-refractivity contribution < 1.29 is 14.3 Å². The van der Waals surface area contributed by atoms with Gasteiger partial charge >= 0.3 is 0 Å². The van der Waals surface area contributed by atoms with Crippen LogP contribution in [0.3, 0.4) is 0 Å². The summed E-state index contributed by atoms with van der Waals surface area (Å²) >= 11 is 5.92. The SMILES string of the molecule is Cc1ccc([C@@H](C(=O)NC2CCCCC2)N(C[C@@H]2CCCO2)C(=O)CCl)cc1. The molecular weight excluding hydrogens is 376 g/mol. The Labute approximate surface area is 172 Å². The van der Waals surface area contributed by atoms with Crippen LogP contribution in [-0.4, -0.2) is 47.9 Å². The van der Waals surface area contributed by atoms with Gasteiger partial charge in [-0.2, -0.15) is 0 Å². The maximum Gasteiger partial charge on any atom is 0.247 e. The molecule has 2 amide bonds. The fourth-order valence-electron chi connectivity index (χ4n) is 4.18. The number of ether oxygens (including phenoxy) is 1. The number of nitrogens with one attached hydrogen (secondary N) is 1. The molecule has 5 nitrogen and oxygen atoms in total. The molecule has 0 aromatic heterocycles. The van der Waals surface area contributed by atoms with Crippen molar-refractivity contribution in [2.75, 3.05) is 19.0 Å². The van der Waals surface area contributed by atoms with E-state index >= 15 is 0 Å². The summed E-state index contributed by atoms with van der Waals surface area (Å²) in [6.07, 6.45) is 7.35. The topological polar surface area (TPSA) is 58.6 Å². The van der Waals surface area contributed by atoms with E-state index in [0.29, 0.717) is 13.2 Å². The van der Waals surface area contributed by atoms with Crippen molar-refractivity contribution in [1.29, 1.82) is 0 Å². The van der Waals surface area contributed by atoms with Gasteiger partial charge in [0.2, 0.25) is 11.8 Å². The number of carbonyl (C=O) groups is 2. The monoisotopic (exact) mass is 406 g/mol. The minimum atomic E-state index is -0.682. The fourth-order valence-corrected chi connectivity index (χ4v) is 4.34. The molecule has 1 aromatic carbocycles. The third-order valence-corrected chi connectivity index (χ3v) is 5.99. The minimum absolute atomic E-state index is 0.0393. The molecule has 1 saturated carbocycles. The van der Waals surface area contributed by atoms with Crippen LogP contribution in [0.1, 0.15) is 62.1 Å². The highest BCUT2D eigenvalue weighted by atomic mass is 35.5. The van der Waals surface area contributed by atoms with Gasteiger partial charge in [0.1, 0.15) is 11.9 Å². The van der Waals surface area contributed by atoms with Crippen LogP contribution in [-0.2, 0) is 14.3 Å². The van der Waals surface area contributed by atoms with Crippen molar-refractivity contribution >= 4 is 23.4 Å². The summed E-state index contributed by atoms with van der Waals surface area (Å²) in [7, 11) is 0. The first kappa shape index (κ1) is 21.1. The van der Waals surface area contributed by atoms with Gasteiger partial charge in [-0.25, -0.2) is 0 Å². The van der Waals surface area contributed by atoms with Crippen molar-refractivity contribution in [3.8, 4) is 0 Å². The normalized spacial score (nSPS) is 21.3. The Kier molecular flexibility index (Phi) is 7.74. The fraction of sp³-hybridized carbons (Fsp3) is 0.636. The third-order valence-electron chi connectivity index (χ3n) is 5.76. The Hall–Kier alpha value is -1.59. The molecule has 1 saturated heterocycles. The molecule has 2 aliphatic rings. The first-order valence-electron chi connectivity index (χ1n) is 10.4. The van der Waals surface area contributed by atoms with Gasteiger partial charge in [-0.1, -0.05) is 49.1 Å². The van der Waals surface area contributed by atoms with Gasteiger partial charge in [0.25, 0.3) is 0 Å². The third kappa shape index (κ3) is 5.48. The van der Waals surface area contributed by atoms with Gasteiger partial charge in [0.15, 0.2) is 0 Å². The summed E-state index contributed by atoms with van der Waals surface area (Å²) in [6.45, 7) is 3.11. The number of halogens is 1. The molecule has 0 bridgehead atoms. The summed E-state index contributed by atoms with van der Waals surface area (Å²) < 4.78 is 5.74. The molecule has 6 heteroatoms. The second-order valence-electron chi connectivity index (χ2n) is 7.97. The van der Waals surface area contributed by atoms with E-state index in [-0.39, 0.29) is 29.8 Å². The lowest BCUT2D eigenvalue weighted by Gasteiger charge is -2.34. The summed E-state index contributed by atoms with van der Waals surface area (Å²) in [5.74, 6) is -0.500. The lowest BCUT2D eigenvalue weighted by molar-refractivity contribution is -0.141. The van der Waals surface area contributed by atoms with Crippen LogP contribution < -0.4 is 5.32 Å². The highest BCUT2D eigenvalue weighted by Gasteiger charge is 2.34. The summed E-state index contributed by atoms with van der Waals surface area (Å²) in [5, 5.41) is 3.20. The number of rotatable bonds is 7. The summed E-state index contributed by atoms with van der Waals surface area (Å²) in [6, 6.07) is 7.33. The number of amides is 2. The molecule has 0 radical (unpaired) electrons. The first-order valence-corrected chi connectivity index (χ1v) is 11.0. The second kappa shape index (κ2) is 10.3. The highest BCUT2D eigenvalue weighted by Crippen LogP contribution is 2.26. The van der Waals surface area contributed by atoms with E-state index in [1.807, 2.05) is 31.2 Å². The molecule has 3 rings (SSSR count). The van der Waals surface area contributed by atoms with Gasteiger partial charge in [-0.05, 0) is 38.2 Å². The smallest absolute Gasteiger partial charge is 0.247 e. The largest absolute Gasteiger partial charge is 0.376 e. The van der Waals surface area contributed by atoms with E-state index < -0.39 is 6.04 Å². The number of nitrogens with zero attached hydrogens (tertiary/aromatic N) is 1. The first-order chi connectivity index (χ1) is 13.6. The molecule has 1 heterocycles. The number of hydrogen-bond acceptors (Lipinski definition) is 3. The molecule has 1 N–H and O–H groups in total. The Morgan fingerprint density at radius 3 is 2.46 bits per heavy atom. The molecule has 2 atom stereocenters. The maximum atomic E-state index is 13.3. The van der Waals surface area contributed by atoms with E-state index in [0.717, 1.165) is 49.7 Å². The van der Waals surface area contributed by atoms with Crippen LogP contribution in [0.5, 0.6) is 0 Å². The average Bonchev–Trinajstić information content (AvgIpc) is 3.22. The van der Waals surface area contributed by atoms with Gasteiger partial charge in [-0.3, -0.25) is 9.59 Å². The molecule has 28 heavy (non-hydrogen) atoms. The van der Waals surface area contributed by atoms with Gasteiger partial charge in [-0.15, -0.1) is 11.6 Å². The van der Waals surface area contributed by atoms with Crippen LogP contribution in [0.2, 0.25) is 0 Å². The van der Waals surface area contributed by atoms with E-state index in [2.05, 4.69) is 5.32 Å². The molecule has 2 fully saturated rings. The van der Waals surface area contributed by atoms with Crippen LogP contribution in [0.4, 0.5) is 0 Å². The van der Waals surface area contributed by atoms with Gasteiger partial charge in [0.05, 0.1) is 6.10 Å². The number of benzene rings is 1. The van der Waals surface area contributed by atoms with Crippen LogP contribution in [0, 0.1) is 6.92 Å². The molecule has 1 aliphatic heterocycles. The highest BCUT2D eigenvalue weighted by molar-refractivity contribution is 6.27. The van der Waals surface area contributed by atoms with E-state index in [4.69, 9.17) is 16.3 Å². The second-order valence-corrected chi connectivity index (χ2v) is 8.24. The van der Waals surface area contributed by atoms with E-state index in [1.165, 1.54) is 6.42 Å². The molecular formula is C22H31ClN2O3. The van der Waals surface area contributed by atoms with Gasteiger partial charge in [0, 0.05) is 19.2 Å². The number of carbonyl (C=O) groups excluding carboxylic acids is 2. The average molecular weight is 407 g/mol. The number of hydrogen-bond donors (Lipinski definition) is 1. The van der Waals surface area contributed by atoms with Crippen LogP contribution in [0.15, 0.2) is 24.3 Å².